The van der Waals surface area contributed by atoms with Gasteiger partial charge in [-0.1, -0.05) is 36.4 Å². The van der Waals surface area contributed by atoms with E-state index in [1.165, 1.54) is 30.4 Å². The first-order chi connectivity index (χ1) is 11.2. The van der Waals surface area contributed by atoms with E-state index >= 15 is 0 Å². The molecule has 0 spiro atoms. The second-order valence-corrected chi connectivity index (χ2v) is 6.26. The molecule has 0 bridgehead atoms. The highest BCUT2D eigenvalue weighted by molar-refractivity contribution is 5.33. The van der Waals surface area contributed by atoms with Gasteiger partial charge in [-0.2, -0.15) is 0 Å². The Morgan fingerprint density at radius 3 is 2.57 bits per heavy atom. The molecule has 1 unspecified atom stereocenters. The molecule has 0 aromatic heterocycles. The normalized spacial score (nSPS) is 16.8. The van der Waals surface area contributed by atoms with Gasteiger partial charge in [0.1, 0.15) is 0 Å². The predicted molar refractivity (Wildman–Crippen MR) is 91.6 cm³/mol. The predicted octanol–water partition coefficient (Wildman–Crippen LogP) is 3.53. The number of aryl methyl sites for hydroxylation is 1. The summed E-state index contributed by atoms with van der Waals surface area (Å²) < 4.78 is 0. The molecule has 4 heteroatoms. The highest BCUT2D eigenvalue weighted by atomic mass is 16.6. The van der Waals surface area contributed by atoms with Crippen LogP contribution in [-0.4, -0.2) is 18.0 Å². The molecule has 0 saturated heterocycles. The lowest BCUT2D eigenvalue weighted by molar-refractivity contribution is -0.384. The fraction of sp³-hybridized carbons (Fsp3) is 0.368. The zero-order valence-electron chi connectivity index (χ0n) is 13.2. The fourth-order valence-corrected chi connectivity index (χ4v) is 3.27. The molecule has 0 radical (unpaired) electrons. The number of fused-ring (bicyclic) bond motifs is 1. The summed E-state index contributed by atoms with van der Waals surface area (Å²) in [5, 5.41) is 14.2. The van der Waals surface area contributed by atoms with Crippen LogP contribution >= 0.6 is 0 Å². The molecule has 0 amide bonds. The largest absolute Gasteiger partial charge is 0.316 e. The van der Waals surface area contributed by atoms with E-state index in [4.69, 9.17) is 0 Å². The number of nitro benzene ring substituents is 1. The van der Waals surface area contributed by atoms with Crippen LogP contribution < -0.4 is 5.32 Å². The third-order valence-corrected chi connectivity index (χ3v) is 4.62. The van der Waals surface area contributed by atoms with Gasteiger partial charge < -0.3 is 5.32 Å². The van der Waals surface area contributed by atoms with Crippen molar-refractivity contribution in [2.24, 2.45) is 5.92 Å². The molecule has 3 rings (SSSR count). The van der Waals surface area contributed by atoms with Crippen LogP contribution in [0.15, 0.2) is 48.5 Å². The van der Waals surface area contributed by atoms with Crippen LogP contribution in [-0.2, 0) is 19.3 Å². The van der Waals surface area contributed by atoms with E-state index in [-0.39, 0.29) is 10.6 Å². The molecule has 1 N–H and O–H groups in total. The second kappa shape index (κ2) is 7.38. The van der Waals surface area contributed by atoms with Gasteiger partial charge in [0.15, 0.2) is 0 Å². The van der Waals surface area contributed by atoms with Gasteiger partial charge in [-0.3, -0.25) is 10.1 Å². The van der Waals surface area contributed by atoms with Gasteiger partial charge in [0.2, 0.25) is 0 Å². The van der Waals surface area contributed by atoms with Crippen molar-refractivity contribution in [3.8, 4) is 0 Å². The topological polar surface area (TPSA) is 55.2 Å². The zero-order chi connectivity index (χ0) is 16.1. The average molecular weight is 310 g/mol. The Labute approximate surface area is 136 Å². The number of nitro groups is 1. The Bertz CT molecular complexity index is 667. The smallest absolute Gasteiger partial charge is 0.269 e. The van der Waals surface area contributed by atoms with Crippen molar-refractivity contribution >= 4 is 5.69 Å². The highest BCUT2D eigenvalue weighted by Gasteiger charge is 2.17. The Hall–Kier alpha value is -2.20. The average Bonchev–Trinajstić information content (AvgIpc) is 2.59. The first-order valence-electron chi connectivity index (χ1n) is 8.23. The van der Waals surface area contributed by atoms with E-state index in [1.54, 1.807) is 12.1 Å². The maximum absolute atomic E-state index is 10.6. The SMILES string of the molecule is O=[N+]([O-])c1ccc(CCNCC2CCc3ccccc3C2)cc1. The maximum Gasteiger partial charge on any atom is 0.269 e. The Morgan fingerprint density at radius 2 is 1.83 bits per heavy atom. The first kappa shape index (κ1) is 15.7. The van der Waals surface area contributed by atoms with Crippen LogP contribution in [0.2, 0.25) is 0 Å². The lowest BCUT2D eigenvalue weighted by Gasteiger charge is -2.24. The van der Waals surface area contributed by atoms with Crippen molar-refractivity contribution in [2.45, 2.75) is 25.7 Å². The molecule has 0 heterocycles. The minimum atomic E-state index is -0.358. The summed E-state index contributed by atoms with van der Waals surface area (Å²) in [5.74, 6) is 0.710. The Morgan fingerprint density at radius 1 is 1.09 bits per heavy atom. The summed E-state index contributed by atoms with van der Waals surface area (Å²) in [7, 11) is 0. The molecule has 4 nitrogen and oxygen atoms in total. The summed E-state index contributed by atoms with van der Waals surface area (Å²) >= 11 is 0. The molecule has 2 aromatic carbocycles. The van der Waals surface area contributed by atoms with Crippen molar-refractivity contribution < 1.29 is 4.92 Å². The molecule has 23 heavy (non-hydrogen) atoms. The second-order valence-electron chi connectivity index (χ2n) is 6.26. The van der Waals surface area contributed by atoms with Crippen LogP contribution in [0.4, 0.5) is 5.69 Å². The van der Waals surface area contributed by atoms with E-state index in [9.17, 15) is 10.1 Å². The monoisotopic (exact) mass is 310 g/mol. The van der Waals surface area contributed by atoms with Gasteiger partial charge in [-0.05, 0) is 61.4 Å². The van der Waals surface area contributed by atoms with E-state index in [2.05, 4.69) is 29.6 Å². The molecule has 120 valence electrons. The third-order valence-electron chi connectivity index (χ3n) is 4.62. The number of hydrogen-bond donors (Lipinski definition) is 1. The number of benzene rings is 2. The van der Waals surface area contributed by atoms with E-state index in [0.29, 0.717) is 5.92 Å². The molecule has 1 atom stereocenters. The minimum Gasteiger partial charge on any atom is -0.316 e. The van der Waals surface area contributed by atoms with Crippen LogP contribution in [0.5, 0.6) is 0 Å². The molecular weight excluding hydrogens is 288 g/mol. The first-order valence-corrected chi connectivity index (χ1v) is 8.23. The summed E-state index contributed by atoms with van der Waals surface area (Å²) in [6.07, 6.45) is 4.51. The number of hydrogen-bond acceptors (Lipinski definition) is 3. The van der Waals surface area contributed by atoms with Gasteiger partial charge in [0, 0.05) is 12.1 Å². The van der Waals surface area contributed by atoms with Crippen LogP contribution in [0.25, 0.3) is 0 Å². The van der Waals surface area contributed by atoms with Crippen LogP contribution in [0.3, 0.4) is 0 Å². The maximum atomic E-state index is 10.6. The fourth-order valence-electron chi connectivity index (χ4n) is 3.27. The summed E-state index contributed by atoms with van der Waals surface area (Å²) in [4.78, 5) is 10.3. The van der Waals surface area contributed by atoms with Crippen LogP contribution in [0.1, 0.15) is 23.1 Å². The number of nitrogens with zero attached hydrogens (tertiary/aromatic N) is 1. The molecule has 0 saturated carbocycles. The van der Waals surface area contributed by atoms with E-state index < -0.39 is 0 Å². The minimum absolute atomic E-state index is 0.155. The van der Waals surface area contributed by atoms with Crippen LogP contribution in [0, 0.1) is 16.0 Å². The molecule has 1 aliphatic carbocycles. The molecule has 2 aromatic rings. The summed E-state index contributed by atoms with van der Waals surface area (Å²) in [6, 6.07) is 15.6. The van der Waals surface area contributed by atoms with Gasteiger partial charge in [0.05, 0.1) is 4.92 Å². The Balaban J connectivity index is 1.41. The van der Waals surface area contributed by atoms with E-state index in [0.717, 1.165) is 25.1 Å². The third kappa shape index (κ3) is 4.17. The number of nitrogens with one attached hydrogen (secondary N) is 1. The Kier molecular flexibility index (Phi) is 5.03. The number of non-ortho nitro benzene ring substituents is 1. The molecular formula is C19H22N2O2. The zero-order valence-corrected chi connectivity index (χ0v) is 13.2. The summed E-state index contributed by atoms with van der Waals surface area (Å²) in [6.45, 7) is 1.96. The highest BCUT2D eigenvalue weighted by Crippen LogP contribution is 2.24. The standard InChI is InChI=1S/C19H22N2O2/c22-21(23)19-9-6-15(7-10-19)11-12-20-14-16-5-8-17-3-1-2-4-18(17)13-16/h1-4,6-7,9-10,16,20H,5,8,11-14H2. The lowest BCUT2D eigenvalue weighted by atomic mass is 9.84. The molecule has 1 aliphatic rings. The van der Waals surface area contributed by atoms with Crippen molar-refractivity contribution in [3.05, 3.63) is 75.3 Å². The van der Waals surface area contributed by atoms with Gasteiger partial charge in [-0.15, -0.1) is 0 Å². The molecule has 0 aliphatic heterocycles. The van der Waals surface area contributed by atoms with Crippen molar-refractivity contribution in [1.82, 2.24) is 5.32 Å². The van der Waals surface area contributed by atoms with Crippen molar-refractivity contribution in [3.63, 3.8) is 0 Å². The van der Waals surface area contributed by atoms with Crippen molar-refractivity contribution in [2.75, 3.05) is 13.1 Å². The van der Waals surface area contributed by atoms with Gasteiger partial charge in [-0.25, -0.2) is 0 Å². The van der Waals surface area contributed by atoms with E-state index in [1.807, 2.05) is 12.1 Å². The quantitative estimate of drug-likeness (QED) is 0.504. The molecule has 0 fully saturated rings. The van der Waals surface area contributed by atoms with Crippen molar-refractivity contribution in [1.29, 1.82) is 0 Å². The lowest BCUT2D eigenvalue weighted by Crippen LogP contribution is -2.28. The number of rotatable bonds is 6. The summed E-state index contributed by atoms with van der Waals surface area (Å²) in [5.41, 5.74) is 4.30. The van der Waals surface area contributed by atoms with Gasteiger partial charge in [0.25, 0.3) is 5.69 Å². The van der Waals surface area contributed by atoms with Gasteiger partial charge >= 0.3 is 0 Å².